The van der Waals surface area contributed by atoms with Gasteiger partial charge in [-0.25, -0.2) is 4.39 Å². The van der Waals surface area contributed by atoms with Gasteiger partial charge >= 0.3 is 0 Å². The zero-order valence-electron chi connectivity index (χ0n) is 10.7. The topological polar surface area (TPSA) is 29.3 Å². The van der Waals surface area contributed by atoms with Crippen LogP contribution in [0, 0.1) is 5.82 Å². The van der Waals surface area contributed by atoms with Gasteiger partial charge in [-0.2, -0.15) is 0 Å². The molecule has 1 unspecified atom stereocenters. The molecule has 0 aliphatic heterocycles. The number of likely N-dealkylation sites (N-methyl/N-ethyl adjacent to an activating group) is 1. The van der Waals surface area contributed by atoms with E-state index in [0.29, 0.717) is 6.54 Å². The number of halogens is 2. The number of anilines is 1. The molecule has 2 aromatic carbocycles. The summed E-state index contributed by atoms with van der Waals surface area (Å²) >= 11 is 3.46. The van der Waals surface area contributed by atoms with Crippen LogP contribution in [0.15, 0.2) is 53.0 Å². The van der Waals surface area contributed by atoms with E-state index in [1.165, 1.54) is 12.1 Å². The van der Waals surface area contributed by atoms with E-state index in [1.54, 1.807) is 6.07 Å². The molecule has 100 valence electrons. The molecule has 0 aliphatic rings. The summed E-state index contributed by atoms with van der Waals surface area (Å²) in [4.78, 5) is 2.06. The molecule has 0 amide bonds. The first-order valence-electron chi connectivity index (χ1n) is 6.06. The predicted molar refractivity (Wildman–Crippen MR) is 80.7 cm³/mol. The first-order valence-corrected chi connectivity index (χ1v) is 6.85. The standard InChI is InChI=1S/C15H16BrFN2/c1-19(12-5-3-2-4-6-12)15(10-18)13-9-11(17)7-8-14(13)16/h2-9,15H,10,18H2,1H3. The van der Waals surface area contributed by atoms with Crippen LogP contribution in [0.1, 0.15) is 11.6 Å². The quantitative estimate of drug-likeness (QED) is 0.929. The molecule has 0 saturated carbocycles. The molecule has 0 saturated heterocycles. The Morgan fingerprint density at radius 1 is 1.21 bits per heavy atom. The van der Waals surface area contributed by atoms with E-state index in [2.05, 4.69) is 20.8 Å². The van der Waals surface area contributed by atoms with Crippen LogP contribution in [-0.2, 0) is 0 Å². The van der Waals surface area contributed by atoms with Crippen molar-refractivity contribution < 1.29 is 4.39 Å². The second kappa shape index (κ2) is 6.17. The van der Waals surface area contributed by atoms with Crippen molar-refractivity contribution in [2.24, 2.45) is 5.73 Å². The fourth-order valence-corrected chi connectivity index (χ4v) is 2.62. The van der Waals surface area contributed by atoms with Crippen molar-refractivity contribution in [1.82, 2.24) is 0 Å². The highest BCUT2D eigenvalue weighted by atomic mass is 79.9. The maximum Gasteiger partial charge on any atom is 0.123 e. The van der Waals surface area contributed by atoms with Crippen molar-refractivity contribution in [1.29, 1.82) is 0 Å². The van der Waals surface area contributed by atoms with Crippen LogP contribution in [0.5, 0.6) is 0 Å². The van der Waals surface area contributed by atoms with E-state index < -0.39 is 0 Å². The summed E-state index contributed by atoms with van der Waals surface area (Å²) in [6, 6.07) is 14.5. The Hall–Kier alpha value is -1.39. The molecule has 0 aliphatic carbocycles. The predicted octanol–water partition coefficient (Wildman–Crippen LogP) is 3.72. The lowest BCUT2D eigenvalue weighted by atomic mass is 10.0. The molecule has 19 heavy (non-hydrogen) atoms. The smallest absolute Gasteiger partial charge is 0.123 e. The van der Waals surface area contributed by atoms with E-state index in [1.807, 2.05) is 37.4 Å². The lowest BCUT2D eigenvalue weighted by molar-refractivity contribution is 0.614. The summed E-state index contributed by atoms with van der Waals surface area (Å²) in [6.07, 6.45) is 0. The minimum Gasteiger partial charge on any atom is -0.366 e. The van der Waals surface area contributed by atoms with E-state index in [4.69, 9.17) is 5.73 Å². The molecule has 1 atom stereocenters. The second-order valence-corrected chi connectivity index (χ2v) is 5.22. The molecule has 2 N–H and O–H groups in total. The van der Waals surface area contributed by atoms with Crippen LogP contribution in [-0.4, -0.2) is 13.6 Å². The van der Waals surface area contributed by atoms with Gasteiger partial charge in [-0.1, -0.05) is 34.1 Å². The van der Waals surface area contributed by atoms with Crippen LogP contribution in [0.4, 0.5) is 10.1 Å². The number of hydrogen-bond donors (Lipinski definition) is 1. The molecule has 0 radical (unpaired) electrons. The van der Waals surface area contributed by atoms with Gasteiger partial charge in [0.1, 0.15) is 5.82 Å². The number of nitrogens with two attached hydrogens (primary N) is 1. The number of benzene rings is 2. The molecule has 4 heteroatoms. The Morgan fingerprint density at radius 3 is 2.53 bits per heavy atom. The number of para-hydroxylation sites is 1. The summed E-state index contributed by atoms with van der Waals surface area (Å²) < 4.78 is 14.3. The molecule has 2 rings (SSSR count). The van der Waals surface area contributed by atoms with Gasteiger partial charge in [0, 0.05) is 23.8 Å². The van der Waals surface area contributed by atoms with Crippen molar-refractivity contribution >= 4 is 21.6 Å². The first kappa shape index (κ1) is 14.0. The molecule has 2 aromatic rings. The maximum absolute atomic E-state index is 13.4. The van der Waals surface area contributed by atoms with Crippen LogP contribution < -0.4 is 10.6 Å². The monoisotopic (exact) mass is 322 g/mol. The van der Waals surface area contributed by atoms with Crippen LogP contribution >= 0.6 is 15.9 Å². The van der Waals surface area contributed by atoms with Gasteiger partial charge in [0.25, 0.3) is 0 Å². The molecule has 2 nitrogen and oxygen atoms in total. The van der Waals surface area contributed by atoms with Crippen molar-refractivity contribution in [2.45, 2.75) is 6.04 Å². The highest BCUT2D eigenvalue weighted by Gasteiger charge is 2.19. The average Bonchev–Trinajstić information content (AvgIpc) is 2.44. The minimum absolute atomic E-state index is 0.0764. The van der Waals surface area contributed by atoms with Gasteiger partial charge in [0.05, 0.1) is 6.04 Å². The molecule has 0 heterocycles. The largest absolute Gasteiger partial charge is 0.366 e. The lowest BCUT2D eigenvalue weighted by Gasteiger charge is -2.30. The van der Waals surface area contributed by atoms with E-state index in [9.17, 15) is 4.39 Å². The molecule has 0 aromatic heterocycles. The Balaban J connectivity index is 2.37. The SMILES string of the molecule is CN(c1ccccc1)C(CN)c1cc(F)ccc1Br. The summed E-state index contributed by atoms with van der Waals surface area (Å²) in [6.45, 7) is 0.410. The number of rotatable bonds is 4. The van der Waals surface area contributed by atoms with Gasteiger partial charge < -0.3 is 10.6 Å². The van der Waals surface area contributed by atoms with Gasteiger partial charge in [0.2, 0.25) is 0 Å². The Kier molecular flexibility index (Phi) is 4.56. The molecule has 0 spiro atoms. The average molecular weight is 323 g/mol. The van der Waals surface area contributed by atoms with Crippen LogP contribution in [0.25, 0.3) is 0 Å². The Labute approximate surface area is 121 Å². The Bertz CT molecular complexity index is 545. The van der Waals surface area contributed by atoms with Gasteiger partial charge in [-0.15, -0.1) is 0 Å². The van der Waals surface area contributed by atoms with E-state index in [0.717, 1.165) is 15.7 Å². The summed E-state index contributed by atoms with van der Waals surface area (Å²) in [5.74, 6) is -0.252. The summed E-state index contributed by atoms with van der Waals surface area (Å²) in [7, 11) is 1.96. The summed E-state index contributed by atoms with van der Waals surface area (Å²) in [5.41, 5.74) is 7.78. The van der Waals surface area contributed by atoms with Crippen molar-refractivity contribution in [3.63, 3.8) is 0 Å². The van der Waals surface area contributed by atoms with Gasteiger partial charge in [-0.3, -0.25) is 0 Å². The van der Waals surface area contributed by atoms with Gasteiger partial charge in [-0.05, 0) is 35.9 Å². The second-order valence-electron chi connectivity index (χ2n) is 4.36. The first-order chi connectivity index (χ1) is 9.13. The third-order valence-corrected chi connectivity index (χ3v) is 3.89. The fourth-order valence-electron chi connectivity index (χ4n) is 2.11. The van der Waals surface area contributed by atoms with Crippen molar-refractivity contribution in [2.75, 3.05) is 18.5 Å². The number of hydrogen-bond acceptors (Lipinski definition) is 2. The minimum atomic E-state index is -0.252. The number of nitrogens with zero attached hydrogens (tertiary/aromatic N) is 1. The van der Waals surface area contributed by atoms with Crippen LogP contribution in [0.3, 0.4) is 0 Å². The van der Waals surface area contributed by atoms with Crippen molar-refractivity contribution in [3.05, 3.63) is 64.4 Å². The van der Waals surface area contributed by atoms with Gasteiger partial charge in [0.15, 0.2) is 0 Å². The van der Waals surface area contributed by atoms with E-state index in [-0.39, 0.29) is 11.9 Å². The highest BCUT2D eigenvalue weighted by molar-refractivity contribution is 9.10. The third-order valence-electron chi connectivity index (χ3n) is 3.17. The zero-order chi connectivity index (χ0) is 13.8. The summed E-state index contributed by atoms with van der Waals surface area (Å²) in [5, 5.41) is 0. The Morgan fingerprint density at radius 2 is 1.89 bits per heavy atom. The molecule has 0 fully saturated rings. The highest BCUT2D eigenvalue weighted by Crippen LogP contribution is 2.30. The normalized spacial score (nSPS) is 12.2. The van der Waals surface area contributed by atoms with E-state index >= 15 is 0 Å². The maximum atomic E-state index is 13.4. The molecular weight excluding hydrogens is 307 g/mol. The van der Waals surface area contributed by atoms with Crippen molar-refractivity contribution in [3.8, 4) is 0 Å². The third kappa shape index (κ3) is 3.14. The molecule has 0 bridgehead atoms. The lowest BCUT2D eigenvalue weighted by Crippen LogP contribution is -2.30. The fraction of sp³-hybridized carbons (Fsp3) is 0.200. The zero-order valence-corrected chi connectivity index (χ0v) is 12.3. The molecular formula is C15H16BrFN2. The van der Waals surface area contributed by atoms with Crippen LogP contribution in [0.2, 0.25) is 0 Å².